The number of benzene rings is 2. The van der Waals surface area contributed by atoms with Gasteiger partial charge in [-0.15, -0.1) is 5.10 Å². The molecule has 0 fully saturated rings. The van der Waals surface area contributed by atoms with E-state index in [1.165, 1.54) is 0 Å². The van der Waals surface area contributed by atoms with Crippen molar-refractivity contribution in [3.05, 3.63) is 102 Å². The highest BCUT2D eigenvalue weighted by molar-refractivity contribution is 5.68. The van der Waals surface area contributed by atoms with E-state index in [0.717, 1.165) is 45.5 Å². The number of methoxy groups -OCH3 is 1. The molecule has 1 atom stereocenters. The third-order valence-corrected chi connectivity index (χ3v) is 5.62. The molecule has 4 heterocycles. The third kappa shape index (κ3) is 2.37. The first-order chi connectivity index (χ1) is 14.8. The van der Waals surface area contributed by atoms with Gasteiger partial charge in [0.05, 0.1) is 30.4 Å². The molecule has 146 valence electrons. The number of ether oxygens (including phenoxy) is 1. The lowest BCUT2D eigenvalue weighted by Crippen LogP contribution is -2.09. The fourth-order valence-electron chi connectivity index (χ4n) is 4.25. The molecular formula is C24H18N4O2. The monoisotopic (exact) mass is 394 g/mol. The van der Waals surface area contributed by atoms with Crippen LogP contribution in [0.1, 0.15) is 23.1 Å². The molecule has 0 saturated heterocycles. The molecule has 0 bridgehead atoms. The molecule has 2 aromatic carbocycles. The zero-order valence-electron chi connectivity index (χ0n) is 16.3. The Morgan fingerprint density at radius 1 is 0.900 bits per heavy atom. The van der Waals surface area contributed by atoms with Crippen LogP contribution in [0.25, 0.3) is 22.6 Å². The molecule has 30 heavy (non-hydrogen) atoms. The number of hydrogen-bond donors (Lipinski definition) is 0. The second kappa shape index (κ2) is 6.49. The van der Waals surface area contributed by atoms with Gasteiger partial charge in [-0.1, -0.05) is 17.3 Å². The van der Waals surface area contributed by atoms with Crippen LogP contribution in [0.3, 0.4) is 0 Å². The molecule has 0 N–H and O–H groups in total. The van der Waals surface area contributed by atoms with Crippen LogP contribution >= 0.6 is 0 Å². The molecule has 6 heteroatoms. The van der Waals surface area contributed by atoms with Crippen LogP contribution in [0, 0.1) is 0 Å². The quantitative estimate of drug-likeness (QED) is 0.432. The van der Waals surface area contributed by atoms with Crippen molar-refractivity contribution >= 4 is 0 Å². The summed E-state index contributed by atoms with van der Waals surface area (Å²) in [6, 6.07) is 24.3. The molecule has 0 unspecified atom stereocenters. The Morgan fingerprint density at radius 3 is 2.50 bits per heavy atom. The number of aromatic nitrogens is 4. The van der Waals surface area contributed by atoms with E-state index in [1.54, 1.807) is 13.4 Å². The van der Waals surface area contributed by atoms with E-state index in [0.29, 0.717) is 0 Å². The first kappa shape index (κ1) is 16.9. The van der Waals surface area contributed by atoms with Gasteiger partial charge in [-0.3, -0.25) is 0 Å². The van der Waals surface area contributed by atoms with Crippen molar-refractivity contribution in [1.82, 2.24) is 19.6 Å². The highest BCUT2D eigenvalue weighted by Gasteiger charge is 2.34. The SMILES string of the molecule is COc1ccc(-c2nnn3c2[C@H](c2ccco2)c2cccn2-c2ccccc2-3)cc1. The molecule has 6 rings (SSSR count). The van der Waals surface area contributed by atoms with E-state index >= 15 is 0 Å². The van der Waals surface area contributed by atoms with Gasteiger partial charge in [0, 0.05) is 17.5 Å². The first-order valence-corrected chi connectivity index (χ1v) is 9.75. The van der Waals surface area contributed by atoms with Gasteiger partial charge in [-0.25, -0.2) is 4.68 Å². The van der Waals surface area contributed by atoms with Gasteiger partial charge >= 0.3 is 0 Å². The number of nitrogens with zero attached hydrogens (tertiary/aromatic N) is 4. The van der Waals surface area contributed by atoms with Crippen molar-refractivity contribution in [2.75, 3.05) is 7.11 Å². The average molecular weight is 394 g/mol. The number of hydrogen-bond acceptors (Lipinski definition) is 4. The summed E-state index contributed by atoms with van der Waals surface area (Å²) < 4.78 is 15.4. The summed E-state index contributed by atoms with van der Waals surface area (Å²) in [6.45, 7) is 0. The summed E-state index contributed by atoms with van der Waals surface area (Å²) >= 11 is 0. The fraction of sp³-hybridized carbons (Fsp3) is 0.0833. The molecule has 1 aliphatic rings. The molecule has 0 amide bonds. The van der Waals surface area contributed by atoms with E-state index in [9.17, 15) is 0 Å². The summed E-state index contributed by atoms with van der Waals surface area (Å²) in [7, 11) is 1.66. The van der Waals surface area contributed by atoms with Crippen LogP contribution in [0.2, 0.25) is 0 Å². The Hall–Kier alpha value is -4.06. The zero-order valence-corrected chi connectivity index (χ0v) is 16.3. The highest BCUT2D eigenvalue weighted by Crippen LogP contribution is 2.42. The van der Waals surface area contributed by atoms with Crippen molar-refractivity contribution in [3.8, 4) is 28.4 Å². The molecule has 5 aromatic rings. The maximum absolute atomic E-state index is 5.91. The summed E-state index contributed by atoms with van der Waals surface area (Å²) in [5.41, 5.74) is 5.91. The maximum Gasteiger partial charge on any atom is 0.118 e. The number of rotatable bonds is 3. The van der Waals surface area contributed by atoms with E-state index in [2.05, 4.69) is 45.3 Å². The van der Waals surface area contributed by atoms with Crippen LogP contribution in [0.5, 0.6) is 5.75 Å². The minimum absolute atomic E-state index is 0.158. The van der Waals surface area contributed by atoms with Crippen LogP contribution in [-0.2, 0) is 0 Å². The maximum atomic E-state index is 5.91. The second-order valence-electron chi connectivity index (χ2n) is 7.20. The first-order valence-electron chi connectivity index (χ1n) is 9.75. The number of para-hydroxylation sites is 2. The summed E-state index contributed by atoms with van der Waals surface area (Å²) in [6.07, 6.45) is 3.79. The van der Waals surface area contributed by atoms with Gasteiger partial charge in [0.15, 0.2) is 0 Å². The zero-order chi connectivity index (χ0) is 20.1. The lowest BCUT2D eigenvalue weighted by molar-refractivity contribution is 0.415. The number of fused-ring (bicyclic) bond motifs is 5. The Morgan fingerprint density at radius 2 is 1.73 bits per heavy atom. The fourth-order valence-corrected chi connectivity index (χ4v) is 4.25. The van der Waals surface area contributed by atoms with Crippen molar-refractivity contribution in [1.29, 1.82) is 0 Å². The lowest BCUT2D eigenvalue weighted by atomic mass is 9.94. The molecule has 0 saturated carbocycles. The predicted molar refractivity (Wildman–Crippen MR) is 112 cm³/mol. The normalized spacial score (nSPS) is 14.5. The minimum Gasteiger partial charge on any atom is -0.497 e. The third-order valence-electron chi connectivity index (χ3n) is 5.62. The summed E-state index contributed by atoms with van der Waals surface area (Å²) in [5.74, 6) is 1.49. The molecule has 3 aromatic heterocycles. The molecular weight excluding hydrogens is 376 g/mol. The van der Waals surface area contributed by atoms with E-state index in [4.69, 9.17) is 9.15 Å². The molecule has 0 aliphatic carbocycles. The van der Waals surface area contributed by atoms with Gasteiger partial charge in [0.1, 0.15) is 23.1 Å². The van der Waals surface area contributed by atoms with E-state index in [-0.39, 0.29) is 5.92 Å². The van der Waals surface area contributed by atoms with E-state index < -0.39 is 0 Å². The Bertz CT molecular complexity index is 1330. The average Bonchev–Trinajstić information content (AvgIpc) is 3.56. The second-order valence-corrected chi connectivity index (χ2v) is 7.20. The van der Waals surface area contributed by atoms with Crippen molar-refractivity contribution in [2.45, 2.75) is 5.92 Å². The highest BCUT2D eigenvalue weighted by atomic mass is 16.5. The smallest absolute Gasteiger partial charge is 0.118 e. The topological polar surface area (TPSA) is 58.0 Å². The van der Waals surface area contributed by atoms with Crippen LogP contribution in [-0.4, -0.2) is 26.7 Å². The van der Waals surface area contributed by atoms with Gasteiger partial charge in [-0.2, -0.15) is 0 Å². The van der Waals surface area contributed by atoms with Crippen molar-refractivity contribution in [2.24, 2.45) is 0 Å². The summed E-state index contributed by atoms with van der Waals surface area (Å²) in [5, 5.41) is 9.18. The van der Waals surface area contributed by atoms with Gasteiger partial charge in [0.2, 0.25) is 0 Å². The molecule has 1 aliphatic heterocycles. The van der Waals surface area contributed by atoms with Gasteiger partial charge in [-0.05, 0) is 60.7 Å². The Kier molecular flexibility index (Phi) is 3.64. The van der Waals surface area contributed by atoms with E-state index in [1.807, 2.05) is 53.2 Å². The standard InChI is InChI=1S/C24H18N4O2/c1-29-17-12-10-16(11-13-17)23-24-22(21-9-5-15-30-21)20-8-4-14-27(20)18-6-2-3-7-19(18)28(24)26-25-23/h2-15,22H,1H3/t22-/m0/s1. The lowest BCUT2D eigenvalue weighted by Gasteiger charge is -2.16. The Balaban J connectivity index is 1.68. The number of furan rings is 1. The van der Waals surface area contributed by atoms with Crippen LogP contribution in [0.15, 0.2) is 89.7 Å². The molecule has 6 nitrogen and oxygen atoms in total. The predicted octanol–water partition coefficient (Wildman–Crippen LogP) is 4.82. The van der Waals surface area contributed by atoms with Crippen LogP contribution in [0.4, 0.5) is 0 Å². The van der Waals surface area contributed by atoms with Crippen LogP contribution < -0.4 is 4.74 Å². The van der Waals surface area contributed by atoms with Crippen molar-refractivity contribution in [3.63, 3.8) is 0 Å². The largest absolute Gasteiger partial charge is 0.497 e. The van der Waals surface area contributed by atoms with Crippen molar-refractivity contribution < 1.29 is 9.15 Å². The van der Waals surface area contributed by atoms with Gasteiger partial charge in [0.25, 0.3) is 0 Å². The molecule has 0 radical (unpaired) electrons. The summed E-state index contributed by atoms with van der Waals surface area (Å²) in [4.78, 5) is 0. The Labute approximate surface area is 173 Å². The molecule has 0 spiro atoms. The van der Waals surface area contributed by atoms with Gasteiger partial charge < -0.3 is 13.7 Å². The minimum atomic E-state index is -0.158.